The number of aryl methyl sites for hydroxylation is 1. The number of fused-ring (bicyclic) bond motifs is 1. The van der Waals surface area contributed by atoms with Crippen molar-refractivity contribution in [2.24, 2.45) is 0 Å². The molecule has 0 saturated carbocycles. The van der Waals surface area contributed by atoms with Crippen LogP contribution in [-0.4, -0.2) is 56.4 Å². The molecule has 9 heterocycles. The van der Waals surface area contributed by atoms with Crippen LogP contribution in [0.25, 0.3) is 70.2 Å². The van der Waals surface area contributed by atoms with E-state index in [2.05, 4.69) is 74.8 Å². The molecule has 0 aromatic carbocycles. The van der Waals surface area contributed by atoms with Crippen LogP contribution in [-0.2, 0) is 48.1 Å². The Balaban J connectivity index is 0.000000253. The van der Waals surface area contributed by atoms with Crippen LogP contribution in [0, 0.1) is 0 Å². The summed E-state index contributed by atoms with van der Waals surface area (Å²) in [5, 5.41) is 18.3. The number of hydrogen-bond donors (Lipinski definition) is 0. The topological polar surface area (TPSA) is 172 Å². The first-order valence-corrected chi connectivity index (χ1v) is 26.3. The molecular formula is C53H48F3N7O6RuS4. The molecule has 0 N–H and O–H groups in total. The van der Waals surface area contributed by atoms with Gasteiger partial charge in [-0.15, -0.1) is 22.7 Å². The molecule has 0 atom stereocenters. The van der Waals surface area contributed by atoms with Crippen molar-refractivity contribution in [2.75, 3.05) is 13.2 Å². The van der Waals surface area contributed by atoms with E-state index in [9.17, 15) is 22.8 Å². The standard InChI is InChI=1S/C33H29N3O6S2.C19H19F3N3S.CNS.Ru/c1-2-3-13-40-33-31-24(6-4-5-14-39-31)32(44-33)30-8-7-29(43-30)21-9-11-34-25(15-21)27-17-23(42-20-38)18-28(36-27)26-16-22(41-19-37)10-12-35-26;1-2-3-4-5-6-13-8-10-26-18(13)14-7-9-23-15(11-14)16-12-17(25-24-16)19(20,21)22;2-1-3;/h7-12,15-20H,2-6,13-14H2,1H3;7-12H,2-6H2,1H3;;/q;2*-1;+2. The predicted octanol–water partition coefficient (Wildman–Crippen LogP) is 14.3. The largest absolute Gasteiger partial charge is 2.00 e. The van der Waals surface area contributed by atoms with Gasteiger partial charge in [-0.2, -0.15) is 18.3 Å². The molecule has 384 valence electrons. The van der Waals surface area contributed by atoms with Gasteiger partial charge in [0.15, 0.2) is 5.75 Å². The number of rotatable bonds is 19. The predicted molar refractivity (Wildman–Crippen MR) is 282 cm³/mol. The monoisotopic (exact) mass is 1170 g/mol. The third-order valence-electron chi connectivity index (χ3n) is 11.2. The molecule has 0 unspecified atom stereocenters. The molecular weight excluding hydrogens is 1120 g/mol. The molecule has 0 fully saturated rings. The van der Waals surface area contributed by atoms with Gasteiger partial charge >= 0.3 is 25.7 Å². The molecule has 9 rings (SSSR count). The summed E-state index contributed by atoms with van der Waals surface area (Å²) in [6.45, 7) is 6.44. The van der Waals surface area contributed by atoms with Crippen molar-refractivity contribution < 1.29 is 61.2 Å². The number of thiocarbonyl (C=S) groups is 1. The number of unbranched alkanes of at least 4 members (excludes halogenated alkanes) is 4. The minimum absolute atomic E-state index is 0. The number of aromatic nitrogens is 6. The summed E-state index contributed by atoms with van der Waals surface area (Å²) in [5.41, 5.74) is 5.95. The zero-order chi connectivity index (χ0) is 51.6. The van der Waals surface area contributed by atoms with Gasteiger partial charge in [0.05, 0.1) is 46.6 Å². The fraction of sp³-hybridized carbons (Fsp3) is 0.283. The fourth-order valence-corrected chi connectivity index (χ4v) is 11.0. The van der Waals surface area contributed by atoms with Crippen LogP contribution in [0.2, 0.25) is 0 Å². The van der Waals surface area contributed by atoms with Crippen molar-refractivity contribution in [2.45, 2.75) is 84.2 Å². The number of carbonyl (C=O) groups is 2. The van der Waals surface area contributed by atoms with Crippen molar-refractivity contribution in [1.29, 1.82) is 0 Å². The summed E-state index contributed by atoms with van der Waals surface area (Å²) in [6.07, 6.45) is 11.3. The van der Waals surface area contributed by atoms with Gasteiger partial charge in [-0.3, -0.25) is 24.5 Å². The van der Waals surface area contributed by atoms with Gasteiger partial charge in [0.25, 0.3) is 12.9 Å². The number of pyridine rings is 4. The SMILES string of the molecule is CCCCCCc1ccsc1-c1ccnc(-c2cc(C(F)(F)F)n[n-]2)c1.CCCCOc1sc(-c2ccc(-c3ccnc(-c4cc(OC=O)cc(-c5cc(OC=O)ccn5)n4)c3)s2)c2c1OCCCC2.[N-]=C=S.[Ru+2]. The Hall–Kier alpha value is -6.34. The van der Waals surface area contributed by atoms with Crippen molar-refractivity contribution in [1.82, 2.24) is 30.1 Å². The molecule has 1 aliphatic rings. The molecule has 21 heteroatoms. The number of nitrogens with zero attached hydrogens (tertiary/aromatic N) is 7. The molecule has 1 aliphatic heterocycles. The summed E-state index contributed by atoms with van der Waals surface area (Å²) < 4.78 is 60.7. The molecule has 13 nitrogen and oxygen atoms in total. The van der Waals surface area contributed by atoms with E-state index in [1.54, 1.807) is 76.7 Å². The minimum atomic E-state index is -4.50. The first-order chi connectivity index (χ1) is 35.6. The van der Waals surface area contributed by atoms with Gasteiger partial charge in [-0.25, -0.2) is 4.98 Å². The number of isothiocyanates is 1. The quantitative estimate of drug-likeness (QED) is 0.0246. The maximum Gasteiger partial charge on any atom is 2.00 e. The molecule has 8 aromatic heterocycles. The van der Waals surface area contributed by atoms with Crippen molar-refractivity contribution >= 4 is 64.3 Å². The Kier molecular flexibility index (Phi) is 21.8. The third-order valence-corrected chi connectivity index (χ3v) is 14.6. The van der Waals surface area contributed by atoms with E-state index in [1.807, 2.05) is 18.2 Å². The Morgan fingerprint density at radius 2 is 1.43 bits per heavy atom. The van der Waals surface area contributed by atoms with Gasteiger partial charge < -0.3 is 34.6 Å². The van der Waals surface area contributed by atoms with Crippen molar-refractivity contribution in [3.8, 4) is 87.1 Å². The molecule has 0 amide bonds. The number of thiophene rings is 3. The van der Waals surface area contributed by atoms with Crippen LogP contribution >= 0.6 is 46.2 Å². The van der Waals surface area contributed by atoms with Gasteiger partial charge in [0.1, 0.15) is 17.2 Å². The van der Waals surface area contributed by atoms with Crippen LogP contribution in [0.5, 0.6) is 22.3 Å². The summed E-state index contributed by atoms with van der Waals surface area (Å²) in [4.78, 5) is 44.4. The Labute approximate surface area is 456 Å². The third kappa shape index (κ3) is 15.1. The van der Waals surface area contributed by atoms with Crippen molar-refractivity contribution in [3.63, 3.8) is 0 Å². The molecule has 8 aromatic rings. The van der Waals surface area contributed by atoms with Crippen molar-refractivity contribution in [3.05, 3.63) is 119 Å². The number of carbonyl (C=O) groups excluding carboxylic acids is 2. The first-order valence-electron chi connectivity index (χ1n) is 23.4. The van der Waals surface area contributed by atoms with E-state index in [1.165, 1.54) is 51.5 Å². The Bertz CT molecular complexity index is 3130. The van der Waals surface area contributed by atoms with Crippen LogP contribution < -0.4 is 24.0 Å². The molecule has 0 radical (unpaired) electrons. The van der Waals surface area contributed by atoms with Gasteiger partial charge in [-0.1, -0.05) is 68.8 Å². The average molecular weight is 1170 g/mol. The van der Waals surface area contributed by atoms with Gasteiger partial charge in [0.2, 0.25) is 5.06 Å². The van der Waals surface area contributed by atoms with E-state index in [0.29, 0.717) is 60.4 Å². The van der Waals surface area contributed by atoms with Crippen LogP contribution in [0.4, 0.5) is 13.2 Å². The van der Waals surface area contributed by atoms with E-state index in [4.69, 9.17) is 29.3 Å². The maximum absolute atomic E-state index is 12.7. The van der Waals surface area contributed by atoms with Gasteiger partial charge in [0, 0.05) is 57.0 Å². The summed E-state index contributed by atoms with van der Waals surface area (Å²) in [6, 6.07) is 21.3. The fourth-order valence-electron chi connectivity index (χ4n) is 7.69. The smallest absolute Gasteiger partial charge is 0.753 e. The summed E-state index contributed by atoms with van der Waals surface area (Å²) in [5.74, 6) is 1.51. The summed E-state index contributed by atoms with van der Waals surface area (Å²) >= 11 is 8.72. The van der Waals surface area contributed by atoms with Crippen LogP contribution in [0.15, 0.2) is 96.8 Å². The number of hydrogen-bond acceptors (Lipinski definition) is 15. The van der Waals surface area contributed by atoms with Crippen LogP contribution in [0.1, 0.15) is 82.0 Å². The molecule has 0 saturated heterocycles. The Morgan fingerprint density at radius 3 is 2.15 bits per heavy atom. The van der Waals surface area contributed by atoms with E-state index in [-0.39, 0.29) is 30.9 Å². The minimum Gasteiger partial charge on any atom is -0.753 e. The van der Waals surface area contributed by atoms with E-state index < -0.39 is 11.9 Å². The van der Waals surface area contributed by atoms with E-state index >= 15 is 0 Å². The average Bonchev–Trinajstić information content (AvgIpc) is 4.23. The number of alkyl halides is 3. The number of halogens is 3. The van der Waals surface area contributed by atoms with E-state index in [0.717, 1.165) is 82.7 Å². The first kappa shape index (κ1) is 57.0. The van der Waals surface area contributed by atoms with Crippen LogP contribution in [0.3, 0.4) is 0 Å². The second kappa shape index (κ2) is 28.4. The summed E-state index contributed by atoms with van der Waals surface area (Å²) in [7, 11) is 0. The normalized spacial score (nSPS) is 11.7. The molecule has 74 heavy (non-hydrogen) atoms. The zero-order valence-corrected chi connectivity index (χ0v) is 45.1. The second-order valence-corrected chi connectivity index (χ2v) is 19.4. The maximum atomic E-state index is 12.7. The molecule has 0 spiro atoms. The number of ether oxygens (including phenoxy) is 4. The Morgan fingerprint density at radius 1 is 0.770 bits per heavy atom. The van der Waals surface area contributed by atoms with Gasteiger partial charge in [-0.05, 0) is 115 Å². The molecule has 0 aliphatic carbocycles. The molecule has 0 bridgehead atoms. The zero-order valence-electron chi connectivity index (χ0n) is 40.1. The second-order valence-electron chi connectivity index (χ2n) is 16.2.